The Kier molecular flexibility index (Phi) is 5.78. The molecule has 0 amide bonds. The van der Waals surface area contributed by atoms with Crippen LogP contribution in [0.3, 0.4) is 0 Å². The Labute approximate surface area is 156 Å². The van der Waals surface area contributed by atoms with Gasteiger partial charge in [0, 0.05) is 15.7 Å². The topological polar surface area (TPSA) is 77.5 Å². The SMILES string of the molecule is O=C(COC(=O)c1ccccc1S[C@@H]1CCS(=O)(=O)C1)c1ccccc1. The van der Waals surface area contributed by atoms with Gasteiger partial charge in [-0.2, -0.15) is 0 Å². The van der Waals surface area contributed by atoms with E-state index in [9.17, 15) is 18.0 Å². The molecule has 0 N–H and O–H groups in total. The summed E-state index contributed by atoms with van der Waals surface area (Å²) in [5, 5.41) is -0.0695. The number of ketones is 1. The zero-order chi connectivity index (χ0) is 18.6. The molecule has 1 aliphatic rings. The highest BCUT2D eigenvalue weighted by molar-refractivity contribution is 8.02. The standard InChI is InChI=1S/C19H18O5S2/c20-17(14-6-2-1-3-7-14)12-24-19(21)16-8-4-5-9-18(16)25-15-10-11-26(22,23)13-15/h1-9,15H,10-13H2/t15-/m1/s1. The van der Waals surface area contributed by atoms with Crippen molar-refractivity contribution >= 4 is 33.4 Å². The summed E-state index contributed by atoms with van der Waals surface area (Å²) >= 11 is 1.37. The van der Waals surface area contributed by atoms with E-state index < -0.39 is 15.8 Å². The van der Waals surface area contributed by atoms with Crippen LogP contribution in [0.2, 0.25) is 0 Å². The van der Waals surface area contributed by atoms with E-state index in [0.29, 0.717) is 22.4 Å². The maximum atomic E-state index is 12.4. The van der Waals surface area contributed by atoms with Crippen LogP contribution < -0.4 is 0 Å². The number of rotatable bonds is 6. The van der Waals surface area contributed by atoms with Gasteiger partial charge < -0.3 is 4.74 Å². The van der Waals surface area contributed by atoms with Crippen molar-refractivity contribution in [2.24, 2.45) is 0 Å². The molecule has 0 saturated carbocycles. The predicted octanol–water partition coefficient (Wildman–Crippen LogP) is 3.01. The van der Waals surface area contributed by atoms with Crippen molar-refractivity contribution in [3.63, 3.8) is 0 Å². The smallest absolute Gasteiger partial charge is 0.339 e. The van der Waals surface area contributed by atoms with Crippen LogP contribution in [0.1, 0.15) is 27.1 Å². The van der Waals surface area contributed by atoms with E-state index in [1.807, 2.05) is 0 Å². The average Bonchev–Trinajstić information content (AvgIpc) is 2.99. The third kappa shape index (κ3) is 4.74. The zero-order valence-electron chi connectivity index (χ0n) is 14.0. The van der Waals surface area contributed by atoms with E-state index in [1.165, 1.54) is 11.8 Å². The molecule has 0 unspecified atom stereocenters. The van der Waals surface area contributed by atoms with Gasteiger partial charge >= 0.3 is 5.97 Å². The fourth-order valence-corrected chi connectivity index (χ4v) is 6.30. The lowest BCUT2D eigenvalue weighted by Crippen LogP contribution is -2.15. The molecular formula is C19H18O5S2. The fraction of sp³-hybridized carbons (Fsp3) is 0.263. The van der Waals surface area contributed by atoms with E-state index in [4.69, 9.17) is 4.74 Å². The van der Waals surface area contributed by atoms with Crippen LogP contribution in [0.4, 0.5) is 0 Å². The third-order valence-corrected chi connectivity index (χ3v) is 7.35. The highest BCUT2D eigenvalue weighted by atomic mass is 32.2. The van der Waals surface area contributed by atoms with Crippen molar-refractivity contribution < 1.29 is 22.7 Å². The van der Waals surface area contributed by atoms with E-state index in [1.54, 1.807) is 54.6 Å². The van der Waals surface area contributed by atoms with Gasteiger partial charge in [0.2, 0.25) is 0 Å². The lowest BCUT2D eigenvalue weighted by Gasteiger charge is -2.12. The number of sulfone groups is 1. The number of ether oxygens (including phenoxy) is 1. The molecule has 0 aliphatic carbocycles. The van der Waals surface area contributed by atoms with E-state index in [2.05, 4.69) is 0 Å². The monoisotopic (exact) mass is 390 g/mol. The summed E-state index contributed by atoms with van der Waals surface area (Å²) in [5.41, 5.74) is 0.835. The Balaban J connectivity index is 1.65. The van der Waals surface area contributed by atoms with Gasteiger partial charge in [-0.3, -0.25) is 4.79 Å². The second-order valence-corrected chi connectivity index (χ2v) is 9.58. The molecule has 2 aromatic rings. The molecule has 1 fully saturated rings. The molecule has 0 aromatic heterocycles. The molecular weight excluding hydrogens is 372 g/mol. The maximum Gasteiger partial charge on any atom is 0.339 e. The molecule has 3 rings (SSSR count). The Morgan fingerprint density at radius 3 is 2.42 bits per heavy atom. The minimum Gasteiger partial charge on any atom is -0.454 e. The van der Waals surface area contributed by atoms with Crippen molar-refractivity contribution in [3.05, 3.63) is 65.7 Å². The summed E-state index contributed by atoms with van der Waals surface area (Å²) in [4.78, 5) is 25.1. The molecule has 2 aromatic carbocycles. The Hall–Kier alpha value is -2.12. The highest BCUT2D eigenvalue weighted by Crippen LogP contribution is 2.33. The lowest BCUT2D eigenvalue weighted by molar-refractivity contribution is 0.0471. The van der Waals surface area contributed by atoms with Crippen LogP contribution in [0.15, 0.2) is 59.5 Å². The number of hydrogen-bond acceptors (Lipinski definition) is 6. The van der Waals surface area contributed by atoms with Crippen molar-refractivity contribution in [2.45, 2.75) is 16.6 Å². The van der Waals surface area contributed by atoms with Crippen molar-refractivity contribution in [1.29, 1.82) is 0 Å². The van der Waals surface area contributed by atoms with E-state index in [0.717, 1.165) is 0 Å². The van der Waals surface area contributed by atoms with Gasteiger partial charge in [-0.1, -0.05) is 42.5 Å². The number of benzene rings is 2. The molecule has 1 saturated heterocycles. The van der Waals surface area contributed by atoms with Crippen molar-refractivity contribution in [3.8, 4) is 0 Å². The highest BCUT2D eigenvalue weighted by Gasteiger charge is 2.29. The van der Waals surface area contributed by atoms with Crippen LogP contribution in [0, 0.1) is 0 Å². The Bertz CT molecular complexity index is 907. The van der Waals surface area contributed by atoms with Gasteiger partial charge in [0.05, 0.1) is 17.1 Å². The zero-order valence-corrected chi connectivity index (χ0v) is 15.6. The average molecular weight is 390 g/mol. The molecule has 5 nitrogen and oxygen atoms in total. The van der Waals surface area contributed by atoms with Gasteiger partial charge in [-0.25, -0.2) is 13.2 Å². The van der Waals surface area contributed by atoms with Gasteiger partial charge in [0.1, 0.15) is 0 Å². The molecule has 0 radical (unpaired) electrons. The van der Waals surface area contributed by atoms with Crippen LogP contribution >= 0.6 is 11.8 Å². The molecule has 1 atom stereocenters. The molecule has 0 bridgehead atoms. The molecule has 0 spiro atoms. The van der Waals surface area contributed by atoms with Crippen LogP contribution in [0.5, 0.6) is 0 Å². The number of thioether (sulfide) groups is 1. The number of Topliss-reactive ketones (excluding diaryl/α,β-unsaturated/α-hetero) is 1. The molecule has 136 valence electrons. The lowest BCUT2D eigenvalue weighted by atomic mass is 10.1. The Morgan fingerprint density at radius 1 is 1.04 bits per heavy atom. The molecule has 26 heavy (non-hydrogen) atoms. The first-order valence-corrected chi connectivity index (χ1v) is 10.9. The van der Waals surface area contributed by atoms with Gasteiger partial charge in [-0.05, 0) is 18.6 Å². The molecule has 1 heterocycles. The van der Waals surface area contributed by atoms with E-state index >= 15 is 0 Å². The third-order valence-electron chi connectivity index (χ3n) is 4.02. The van der Waals surface area contributed by atoms with E-state index in [-0.39, 0.29) is 29.1 Å². The predicted molar refractivity (Wildman–Crippen MR) is 100 cm³/mol. The Morgan fingerprint density at radius 2 is 1.73 bits per heavy atom. The summed E-state index contributed by atoms with van der Waals surface area (Å²) < 4.78 is 28.4. The summed E-state index contributed by atoms with van der Waals surface area (Å²) in [7, 11) is -2.98. The normalized spacial score (nSPS) is 18.4. The quantitative estimate of drug-likeness (QED) is 0.557. The van der Waals surface area contributed by atoms with Crippen LogP contribution in [-0.4, -0.2) is 43.5 Å². The number of hydrogen-bond donors (Lipinski definition) is 0. The summed E-state index contributed by atoms with van der Waals surface area (Å²) in [6.07, 6.45) is 0.572. The molecule has 1 aliphatic heterocycles. The minimum absolute atomic E-state index is 0.0695. The fourth-order valence-electron chi connectivity index (χ4n) is 2.69. The summed E-state index contributed by atoms with van der Waals surface area (Å²) in [6.45, 7) is -0.334. The first-order valence-electron chi connectivity index (χ1n) is 8.16. The van der Waals surface area contributed by atoms with Crippen molar-refractivity contribution in [2.75, 3.05) is 18.1 Å². The maximum absolute atomic E-state index is 12.4. The minimum atomic E-state index is -2.98. The van der Waals surface area contributed by atoms with Gasteiger partial charge in [-0.15, -0.1) is 11.8 Å². The first kappa shape index (κ1) is 18.7. The van der Waals surface area contributed by atoms with Crippen LogP contribution in [0.25, 0.3) is 0 Å². The summed E-state index contributed by atoms with van der Waals surface area (Å²) in [5.74, 6) is -0.555. The molecule has 7 heteroatoms. The van der Waals surface area contributed by atoms with Gasteiger partial charge in [0.15, 0.2) is 22.2 Å². The summed E-state index contributed by atoms with van der Waals surface area (Å²) in [6, 6.07) is 15.5. The number of carbonyl (C=O) groups excluding carboxylic acids is 2. The van der Waals surface area contributed by atoms with Gasteiger partial charge in [0.25, 0.3) is 0 Å². The van der Waals surface area contributed by atoms with Crippen molar-refractivity contribution in [1.82, 2.24) is 0 Å². The largest absolute Gasteiger partial charge is 0.454 e. The number of esters is 1. The first-order chi connectivity index (χ1) is 12.4. The van der Waals surface area contributed by atoms with Crippen LogP contribution in [-0.2, 0) is 14.6 Å². The second kappa shape index (κ2) is 8.05. The number of carbonyl (C=O) groups is 2. The second-order valence-electron chi connectivity index (χ2n) is 6.00.